The number of furan rings is 4. The van der Waals surface area contributed by atoms with Crippen LogP contribution in [0.3, 0.4) is 0 Å². The van der Waals surface area contributed by atoms with Crippen LogP contribution in [0.5, 0.6) is 0 Å². The van der Waals surface area contributed by atoms with Crippen LogP contribution >= 0.6 is 0 Å². The molecular weight excluding hydrogens is 1260 g/mol. The van der Waals surface area contributed by atoms with E-state index in [0.29, 0.717) is 35.2 Å². The van der Waals surface area contributed by atoms with Gasteiger partial charge in [0.15, 0.2) is 23.3 Å². The van der Waals surface area contributed by atoms with Gasteiger partial charge in [-0.3, -0.25) is 9.13 Å². The average molecular weight is 1310 g/mol. The van der Waals surface area contributed by atoms with Crippen molar-refractivity contribution in [3.63, 3.8) is 0 Å². The van der Waals surface area contributed by atoms with Gasteiger partial charge in [0.2, 0.25) is 11.9 Å². The highest BCUT2D eigenvalue weighted by molar-refractivity contribution is 6.15. The summed E-state index contributed by atoms with van der Waals surface area (Å²) in [5.41, 5.74) is 20.0. The van der Waals surface area contributed by atoms with Gasteiger partial charge in [0, 0.05) is 92.5 Å². The molecule has 102 heavy (non-hydrogen) atoms. The van der Waals surface area contributed by atoms with Crippen molar-refractivity contribution in [1.82, 2.24) is 39.0 Å². The van der Waals surface area contributed by atoms with Crippen LogP contribution in [-0.4, -0.2) is 39.0 Å². The molecule has 0 spiro atoms. The highest BCUT2D eigenvalue weighted by atomic mass is 16.3. The molecule has 0 N–H and O–H groups in total. The quantitative estimate of drug-likeness (QED) is 0.137. The van der Waals surface area contributed by atoms with E-state index in [2.05, 4.69) is 228 Å². The van der Waals surface area contributed by atoms with Gasteiger partial charge in [0.1, 0.15) is 44.7 Å². The molecule has 12 heteroatoms. The molecule has 0 aliphatic rings. The number of hydrogen-bond acceptors (Lipinski definition) is 10. The molecule has 14 aromatic carbocycles. The Kier molecular flexibility index (Phi) is 11.9. The van der Waals surface area contributed by atoms with Crippen LogP contribution in [0.15, 0.2) is 321 Å². The van der Waals surface area contributed by atoms with Gasteiger partial charge in [-0.2, -0.15) is 19.9 Å². The summed E-state index contributed by atoms with van der Waals surface area (Å²) >= 11 is 0. The Morgan fingerprint density at radius 2 is 0.539 bits per heavy atom. The number of fused-ring (bicyclic) bond motifs is 18. The lowest BCUT2D eigenvalue weighted by Crippen LogP contribution is -2.06. The second kappa shape index (κ2) is 21.7. The lowest BCUT2D eigenvalue weighted by molar-refractivity contribution is 0.668. The minimum absolute atomic E-state index is 0.494. The maximum absolute atomic E-state index is 6.66. The minimum Gasteiger partial charge on any atom is -0.456 e. The molecule has 8 aromatic heterocycles. The van der Waals surface area contributed by atoms with E-state index in [1.54, 1.807) is 0 Å². The zero-order valence-electron chi connectivity index (χ0n) is 54.1. The van der Waals surface area contributed by atoms with Gasteiger partial charge in [-0.1, -0.05) is 200 Å². The van der Waals surface area contributed by atoms with E-state index in [9.17, 15) is 0 Å². The Bertz CT molecular complexity index is 7220. The van der Waals surface area contributed by atoms with Gasteiger partial charge in [-0.15, -0.1) is 0 Å². The van der Waals surface area contributed by atoms with Crippen molar-refractivity contribution in [3.8, 4) is 90.8 Å². The fourth-order valence-electron chi connectivity index (χ4n) is 15.4. The third-order valence-electron chi connectivity index (χ3n) is 20.3. The molecule has 0 bridgehead atoms. The molecular formula is C90H50N8O4. The zero-order chi connectivity index (χ0) is 66.7. The second-order valence-electron chi connectivity index (χ2n) is 26.1. The van der Waals surface area contributed by atoms with Crippen molar-refractivity contribution in [2.45, 2.75) is 0 Å². The van der Waals surface area contributed by atoms with E-state index in [4.69, 9.17) is 47.6 Å². The van der Waals surface area contributed by atoms with Crippen molar-refractivity contribution in [3.05, 3.63) is 303 Å². The number of hydrogen-bond donors (Lipinski definition) is 0. The Morgan fingerprint density at radius 3 is 1.14 bits per heavy atom. The first-order chi connectivity index (χ1) is 50.5. The van der Waals surface area contributed by atoms with Crippen LogP contribution < -0.4 is 0 Å². The van der Waals surface area contributed by atoms with Gasteiger partial charge < -0.3 is 17.7 Å². The van der Waals surface area contributed by atoms with E-state index in [1.165, 1.54) is 0 Å². The summed E-state index contributed by atoms with van der Waals surface area (Å²) in [6.07, 6.45) is 0. The summed E-state index contributed by atoms with van der Waals surface area (Å²) in [4.78, 5) is 31.7. The van der Waals surface area contributed by atoms with E-state index < -0.39 is 0 Å². The molecule has 0 radical (unpaired) electrons. The van der Waals surface area contributed by atoms with Crippen molar-refractivity contribution >= 4 is 131 Å². The predicted molar refractivity (Wildman–Crippen MR) is 409 cm³/mol. The smallest absolute Gasteiger partial charge is 0.238 e. The van der Waals surface area contributed by atoms with Crippen LogP contribution in [0, 0.1) is 0 Å². The van der Waals surface area contributed by atoms with E-state index in [-0.39, 0.29) is 0 Å². The van der Waals surface area contributed by atoms with Gasteiger partial charge >= 0.3 is 0 Å². The van der Waals surface area contributed by atoms with Gasteiger partial charge in [0.05, 0.1) is 22.1 Å². The second-order valence-corrected chi connectivity index (χ2v) is 26.1. The van der Waals surface area contributed by atoms with Crippen LogP contribution in [0.25, 0.3) is 222 Å². The maximum Gasteiger partial charge on any atom is 0.238 e. The Hall–Kier alpha value is -14.1. The summed E-state index contributed by atoms with van der Waals surface area (Å²) in [7, 11) is 0. The van der Waals surface area contributed by atoms with Crippen molar-refractivity contribution < 1.29 is 17.7 Å². The van der Waals surface area contributed by atoms with Crippen molar-refractivity contribution in [1.29, 1.82) is 0 Å². The molecule has 0 aliphatic heterocycles. The molecule has 0 amide bonds. The summed E-state index contributed by atoms with van der Waals surface area (Å²) < 4.78 is 30.4. The monoisotopic (exact) mass is 1310 g/mol. The first-order valence-corrected chi connectivity index (χ1v) is 33.9. The number of aromatic nitrogens is 8. The summed E-state index contributed by atoms with van der Waals surface area (Å²) in [5.74, 6) is 3.12. The highest BCUT2D eigenvalue weighted by Crippen LogP contribution is 2.43. The lowest BCUT2D eigenvalue weighted by Gasteiger charge is -2.12. The van der Waals surface area contributed by atoms with Crippen LogP contribution in [-0.2, 0) is 0 Å². The molecule has 22 aromatic rings. The number of nitrogens with zero attached hydrogens (tertiary/aromatic N) is 8. The summed E-state index contributed by atoms with van der Waals surface area (Å²) in [6, 6.07) is 105. The minimum atomic E-state index is 0.494. The maximum atomic E-state index is 6.66. The third kappa shape index (κ3) is 8.69. The summed E-state index contributed by atoms with van der Waals surface area (Å²) in [5, 5.41) is 12.7. The summed E-state index contributed by atoms with van der Waals surface area (Å²) in [6.45, 7) is 0. The standard InChI is InChI=1S/C90H50N8O4/c1-2-15-52(16-3-1)85-91-87(58-35-41-68-72-47-57(38-44-80(72)101-83(68)50-58)60-22-14-23-69-65-21-8-13-28-78(65)102-84(60)69)96-90(93-85)98-75-26-11-6-19-63(75)70-45-54(36-42-76(70)98)51-29-31-53(32-30-51)86-92-88(95-89(94-86)97-73-24-9-4-17-61(73)62-18-5-10-25-74(62)97)59-34-40-67-71-46-55(37-43-79(71)100-82(67)49-59)56-33-39-66-64-20-7-12-27-77(64)99-81(66)48-56/h1-50H. The molecule has 0 unspecified atom stereocenters. The van der Waals surface area contributed by atoms with Crippen molar-refractivity contribution in [2.75, 3.05) is 0 Å². The molecule has 0 aliphatic carbocycles. The van der Waals surface area contributed by atoms with E-state index in [0.717, 1.165) is 187 Å². The fraction of sp³-hybridized carbons (Fsp3) is 0. The average Bonchev–Trinajstić information content (AvgIpc) is 1.58. The SMILES string of the molecule is c1ccc(-c2nc(-c3ccc4c(c3)oc3ccc(-c5cccc6c5oc5ccccc56)cc34)nc(-n3c4ccccc4c4cc(-c5ccc(-c6nc(-c7ccc8c(c7)oc7ccc(-c9ccc%10c(c9)oc9ccccc9%10)cc78)nc(-n7c8ccccc8c8ccccc87)n6)cc5)ccc43)n2)cc1. The molecule has 0 atom stereocenters. The lowest BCUT2D eigenvalue weighted by atomic mass is 10.00. The fourth-order valence-corrected chi connectivity index (χ4v) is 15.4. The van der Waals surface area contributed by atoms with Crippen LogP contribution in [0.4, 0.5) is 0 Å². The zero-order valence-corrected chi connectivity index (χ0v) is 54.1. The van der Waals surface area contributed by atoms with E-state index in [1.807, 2.05) is 84.9 Å². The Labute approximate surface area is 578 Å². The normalized spacial score (nSPS) is 12.1. The predicted octanol–water partition coefficient (Wildman–Crippen LogP) is 23.5. The van der Waals surface area contributed by atoms with Crippen molar-refractivity contribution in [2.24, 2.45) is 0 Å². The van der Waals surface area contributed by atoms with Gasteiger partial charge in [0.25, 0.3) is 0 Å². The van der Waals surface area contributed by atoms with Gasteiger partial charge in [-0.25, -0.2) is 9.97 Å². The Morgan fingerprint density at radius 1 is 0.186 bits per heavy atom. The topological polar surface area (TPSA) is 140 Å². The van der Waals surface area contributed by atoms with Crippen LogP contribution in [0.1, 0.15) is 0 Å². The largest absolute Gasteiger partial charge is 0.456 e. The molecule has 8 heterocycles. The molecule has 22 rings (SSSR count). The first kappa shape index (κ1) is 56.0. The van der Waals surface area contributed by atoms with Crippen LogP contribution in [0.2, 0.25) is 0 Å². The third-order valence-corrected chi connectivity index (χ3v) is 20.3. The Balaban J connectivity index is 0.625. The van der Waals surface area contributed by atoms with Gasteiger partial charge in [-0.05, 0) is 131 Å². The van der Waals surface area contributed by atoms with E-state index >= 15 is 0 Å². The first-order valence-electron chi connectivity index (χ1n) is 33.9. The molecule has 12 nitrogen and oxygen atoms in total. The molecule has 0 fully saturated rings. The highest BCUT2D eigenvalue weighted by Gasteiger charge is 2.24. The molecule has 474 valence electrons. The number of para-hydroxylation sites is 6. The molecule has 0 saturated carbocycles. The molecule has 0 saturated heterocycles. The number of benzene rings is 14. The number of rotatable bonds is 9.